The topological polar surface area (TPSA) is 66.5 Å². The molecule has 3 fully saturated rings. The van der Waals surface area contributed by atoms with E-state index in [1.54, 1.807) is 24.3 Å². The van der Waals surface area contributed by atoms with Gasteiger partial charge in [-0.3, -0.25) is 19.8 Å². The molecule has 5 nitrogen and oxygen atoms in total. The van der Waals surface area contributed by atoms with Gasteiger partial charge in [-0.1, -0.05) is 28.1 Å². The third-order valence-corrected chi connectivity index (χ3v) is 6.70. The van der Waals surface area contributed by atoms with Crippen LogP contribution >= 0.6 is 15.9 Å². The monoisotopic (exact) mass is 386 g/mol. The number of imide groups is 1. The molecule has 5 rings (SSSR count). The van der Waals surface area contributed by atoms with E-state index in [4.69, 9.17) is 0 Å². The van der Waals surface area contributed by atoms with E-state index in [2.05, 4.69) is 33.5 Å². The quantitative estimate of drug-likeness (QED) is 0.626. The van der Waals surface area contributed by atoms with E-state index in [1.165, 1.54) is 0 Å². The number of nitrogens with one attached hydrogen (secondary N) is 1. The number of carbonyl (C=O) groups excluding carboxylic acids is 3. The number of allylic oxidation sites excluding steroid dienone is 2. The maximum absolute atomic E-state index is 12.8. The Morgan fingerprint density at radius 2 is 1.58 bits per heavy atom. The van der Waals surface area contributed by atoms with E-state index in [0.29, 0.717) is 5.56 Å². The number of nitrogens with zero attached hydrogens (tertiary/aromatic N) is 1. The lowest BCUT2D eigenvalue weighted by Gasteiger charge is -2.22. The predicted molar refractivity (Wildman–Crippen MR) is 88.2 cm³/mol. The minimum atomic E-state index is -0.439. The van der Waals surface area contributed by atoms with Crippen LogP contribution in [0.4, 0.5) is 0 Å². The average Bonchev–Trinajstić information content (AvgIpc) is 3.18. The summed E-state index contributed by atoms with van der Waals surface area (Å²) in [5.74, 6) is -1.19. The smallest absolute Gasteiger partial charge is 0.270 e. The van der Waals surface area contributed by atoms with Gasteiger partial charge in [0.15, 0.2) is 0 Å². The van der Waals surface area contributed by atoms with Gasteiger partial charge < -0.3 is 0 Å². The van der Waals surface area contributed by atoms with Crippen molar-refractivity contribution in [1.29, 1.82) is 0 Å². The van der Waals surface area contributed by atoms with Crippen molar-refractivity contribution in [1.82, 2.24) is 10.4 Å². The minimum Gasteiger partial charge on any atom is -0.272 e. The number of benzene rings is 1. The number of carbonyl (C=O) groups is 3. The van der Waals surface area contributed by atoms with E-state index in [9.17, 15) is 14.4 Å². The summed E-state index contributed by atoms with van der Waals surface area (Å²) < 4.78 is 0.860. The molecule has 2 bridgehead atoms. The van der Waals surface area contributed by atoms with Gasteiger partial charge in [0.05, 0.1) is 11.8 Å². The molecule has 3 amide bonds. The van der Waals surface area contributed by atoms with E-state index in [0.717, 1.165) is 22.3 Å². The number of amides is 3. The minimum absolute atomic E-state index is 0.165. The molecule has 1 aromatic carbocycles. The van der Waals surface area contributed by atoms with E-state index in [1.807, 2.05) is 0 Å². The molecule has 1 heterocycles. The Labute approximate surface area is 147 Å². The van der Waals surface area contributed by atoms with Gasteiger partial charge in [-0.25, -0.2) is 0 Å². The van der Waals surface area contributed by atoms with Crippen molar-refractivity contribution < 1.29 is 14.4 Å². The summed E-state index contributed by atoms with van der Waals surface area (Å²) in [6.45, 7) is 0. The van der Waals surface area contributed by atoms with Crippen LogP contribution in [0.5, 0.6) is 0 Å². The fourth-order valence-corrected chi connectivity index (χ4v) is 5.22. The molecule has 2 saturated carbocycles. The number of rotatable bonds is 2. The third kappa shape index (κ3) is 1.67. The van der Waals surface area contributed by atoms with Crippen molar-refractivity contribution in [2.75, 3.05) is 0 Å². The summed E-state index contributed by atoms with van der Waals surface area (Å²) in [4.78, 5) is 37.9. The maximum Gasteiger partial charge on any atom is 0.270 e. The zero-order chi connectivity index (χ0) is 16.6. The lowest BCUT2D eigenvalue weighted by molar-refractivity contribution is -0.144. The van der Waals surface area contributed by atoms with Crippen molar-refractivity contribution in [2.24, 2.45) is 29.1 Å². The van der Waals surface area contributed by atoms with Crippen LogP contribution in [0.25, 0.3) is 0 Å². The van der Waals surface area contributed by atoms with Gasteiger partial charge in [-0.05, 0) is 54.4 Å². The Bertz CT molecular complexity index is 778. The molecule has 0 unspecified atom stereocenters. The Hall–Kier alpha value is -1.95. The zero-order valence-electron chi connectivity index (χ0n) is 12.7. The van der Waals surface area contributed by atoms with Gasteiger partial charge >= 0.3 is 0 Å². The van der Waals surface area contributed by atoms with Crippen molar-refractivity contribution in [3.05, 3.63) is 46.5 Å². The van der Waals surface area contributed by atoms with Crippen LogP contribution in [0, 0.1) is 29.1 Å². The summed E-state index contributed by atoms with van der Waals surface area (Å²) in [5, 5.41) is 0.960. The maximum atomic E-state index is 12.8. The highest BCUT2D eigenvalue weighted by molar-refractivity contribution is 9.10. The van der Waals surface area contributed by atoms with Gasteiger partial charge in [-0.2, -0.15) is 5.01 Å². The number of hydrazine groups is 1. The first kappa shape index (κ1) is 14.4. The molecule has 1 saturated heterocycles. The molecule has 4 atom stereocenters. The Balaban J connectivity index is 1.39. The van der Waals surface area contributed by atoms with Crippen molar-refractivity contribution in [3.63, 3.8) is 0 Å². The summed E-state index contributed by atoms with van der Waals surface area (Å²) in [7, 11) is 0. The van der Waals surface area contributed by atoms with Crippen LogP contribution in [0.1, 0.15) is 23.2 Å². The second-order valence-electron chi connectivity index (χ2n) is 7.18. The van der Waals surface area contributed by atoms with E-state index < -0.39 is 5.91 Å². The second kappa shape index (κ2) is 4.57. The SMILES string of the molecule is O=C(NN1C(=O)[C@@H]2[C@H](C1=O)[C@H]1C=C[C@@H]2C12CC2)c1ccc(Br)cc1. The molecule has 1 aliphatic heterocycles. The van der Waals surface area contributed by atoms with Crippen LogP contribution < -0.4 is 5.43 Å². The van der Waals surface area contributed by atoms with Gasteiger partial charge in [0, 0.05) is 10.0 Å². The first-order valence-corrected chi connectivity index (χ1v) is 8.95. The second-order valence-corrected chi connectivity index (χ2v) is 8.10. The van der Waals surface area contributed by atoms with Crippen LogP contribution in [-0.2, 0) is 9.59 Å². The lowest BCUT2D eigenvalue weighted by Crippen LogP contribution is -2.47. The average molecular weight is 387 g/mol. The fourth-order valence-electron chi connectivity index (χ4n) is 4.96. The number of hydrogen-bond donors (Lipinski definition) is 1. The fraction of sp³-hybridized carbons (Fsp3) is 0.389. The number of fused-ring (bicyclic) bond motifs is 3. The Kier molecular flexibility index (Phi) is 2.74. The van der Waals surface area contributed by atoms with E-state index in [-0.39, 0.29) is 40.9 Å². The molecule has 122 valence electrons. The Morgan fingerprint density at radius 3 is 2.08 bits per heavy atom. The molecule has 1 spiro atoms. The summed E-state index contributed by atoms with van der Waals surface area (Å²) >= 11 is 3.31. The normalized spacial score (nSPS) is 34.1. The molecular weight excluding hydrogens is 372 g/mol. The van der Waals surface area contributed by atoms with Gasteiger partial charge in [-0.15, -0.1) is 0 Å². The predicted octanol–water partition coefficient (Wildman–Crippen LogP) is 2.29. The standard InChI is InChI=1S/C18H15BrN2O3/c19-10-3-1-9(2-4-10)15(22)20-21-16(23)13-11-5-6-12(14(13)17(21)24)18(11)7-8-18/h1-6,11-14H,7-8H2,(H,20,22)/t11-,12+,13-,14+. The molecular formula is C18H15BrN2O3. The highest BCUT2D eigenvalue weighted by Crippen LogP contribution is 2.73. The van der Waals surface area contributed by atoms with Gasteiger partial charge in [0.2, 0.25) is 0 Å². The molecule has 1 N–H and O–H groups in total. The van der Waals surface area contributed by atoms with E-state index >= 15 is 0 Å². The first-order valence-electron chi connectivity index (χ1n) is 8.16. The van der Waals surface area contributed by atoms with Crippen LogP contribution in [0.3, 0.4) is 0 Å². The third-order valence-electron chi connectivity index (χ3n) is 6.17. The number of hydrogen-bond acceptors (Lipinski definition) is 3. The number of halogens is 1. The Morgan fingerprint density at radius 1 is 1.04 bits per heavy atom. The highest BCUT2D eigenvalue weighted by Gasteiger charge is 2.73. The molecule has 6 heteroatoms. The lowest BCUT2D eigenvalue weighted by atomic mass is 9.85. The molecule has 1 aromatic rings. The van der Waals surface area contributed by atoms with Crippen LogP contribution in [0.2, 0.25) is 0 Å². The molecule has 0 radical (unpaired) electrons. The van der Waals surface area contributed by atoms with Crippen molar-refractivity contribution >= 4 is 33.7 Å². The van der Waals surface area contributed by atoms with Crippen LogP contribution in [-0.4, -0.2) is 22.7 Å². The zero-order valence-corrected chi connectivity index (χ0v) is 14.3. The molecule has 4 aliphatic rings. The molecule has 3 aliphatic carbocycles. The first-order chi connectivity index (χ1) is 11.5. The molecule has 24 heavy (non-hydrogen) atoms. The van der Waals surface area contributed by atoms with Gasteiger partial charge in [0.1, 0.15) is 0 Å². The largest absolute Gasteiger partial charge is 0.272 e. The summed E-state index contributed by atoms with van der Waals surface area (Å²) in [6.07, 6.45) is 6.44. The van der Waals surface area contributed by atoms with Crippen molar-refractivity contribution in [3.8, 4) is 0 Å². The van der Waals surface area contributed by atoms with Crippen LogP contribution in [0.15, 0.2) is 40.9 Å². The van der Waals surface area contributed by atoms with Gasteiger partial charge in [0.25, 0.3) is 17.7 Å². The van der Waals surface area contributed by atoms with Crippen molar-refractivity contribution in [2.45, 2.75) is 12.8 Å². The summed E-state index contributed by atoms with van der Waals surface area (Å²) in [6, 6.07) is 6.79. The highest BCUT2D eigenvalue weighted by atomic mass is 79.9. The molecule has 0 aromatic heterocycles. The summed E-state index contributed by atoms with van der Waals surface area (Å²) in [5.41, 5.74) is 3.09.